The topological polar surface area (TPSA) is 109 Å². The molecular formula is C34H56O6S2. The van der Waals surface area contributed by atoms with Crippen LogP contribution in [0, 0.1) is 0 Å². The molecule has 0 amide bonds. The molecular weight excluding hydrogens is 569 g/mol. The molecule has 0 aromatic heterocycles. The first-order valence-corrected chi connectivity index (χ1v) is 19.5. The minimum atomic E-state index is -4.60. The van der Waals surface area contributed by atoms with Crippen LogP contribution in [0.15, 0.2) is 34.1 Å². The fourth-order valence-corrected chi connectivity index (χ4v) is 7.35. The van der Waals surface area contributed by atoms with E-state index in [1.165, 1.54) is 102 Å². The maximum absolute atomic E-state index is 12.4. The quantitative estimate of drug-likeness (QED) is 0.0888. The van der Waals surface area contributed by atoms with Gasteiger partial charge < -0.3 is 0 Å². The van der Waals surface area contributed by atoms with Gasteiger partial charge in [-0.2, -0.15) is 16.8 Å². The Morgan fingerprint density at radius 3 is 0.952 bits per heavy atom. The Morgan fingerprint density at radius 1 is 0.429 bits per heavy atom. The van der Waals surface area contributed by atoms with Crippen LogP contribution in [0.3, 0.4) is 0 Å². The van der Waals surface area contributed by atoms with E-state index in [2.05, 4.69) is 13.8 Å². The Kier molecular flexibility index (Phi) is 17.2. The number of fused-ring (bicyclic) bond motifs is 1. The summed E-state index contributed by atoms with van der Waals surface area (Å²) in [6.07, 6.45) is 24.7. The smallest absolute Gasteiger partial charge is 0.282 e. The summed E-state index contributed by atoms with van der Waals surface area (Å²) in [5.41, 5.74) is 1.28. The molecule has 0 bridgehead atoms. The Balaban J connectivity index is 2.05. The van der Waals surface area contributed by atoms with E-state index in [9.17, 15) is 25.9 Å². The zero-order valence-electron chi connectivity index (χ0n) is 26.2. The van der Waals surface area contributed by atoms with Gasteiger partial charge >= 0.3 is 0 Å². The maximum Gasteiger partial charge on any atom is 0.295 e. The Bertz CT molecular complexity index is 1170. The van der Waals surface area contributed by atoms with Crippen molar-refractivity contribution in [2.75, 3.05) is 0 Å². The van der Waals surface area contributed by atoms with E-state index in [1.54, 1.807) is 12.1 Å². The summed E-state index contributed by atoms with van der Waals surface area (Å²) in [5, 5.41) is 0.281. The van der Waals surface area contributed by atoms with Crippen molar-refractivity contribution >= 4 is 31.0 Å². The van der Waals surface area contributed by atoms with Crippen molar-refractivity contribution in [3.05, 3.63) is 35.4 Å². The molecule has 42 heavy (non-hydrogen) atoms. The number of unbranched alkanes of at least 4 members (excludes halogenated alkanes) is 18. The van der Waals surface area contributed by atoms with E-state index in [0.717, 1.165) is 38.5 Å². The molecule has 0 fully saturated rings. The normalized spacial score (nSPS) is 12.4. The first kappa shape index (κ1) is 36.7. The van der Waals surface area contributed by atoms with Crippen molar-refractivity contribution in [2.45, 2.75) is 165 Å². The highest BCUT2D eigenvalue weighted by Crippen LogP contribution is 2.33. The second kappa shape index (κ2) is 19.7. The van der Waals surface area contributed by atoms with Crippen LogP contribution in [0.1, 0.15) is 153 Å². The molecule has 0 saturated heterocycles. The lowest BCUT2D eigenvalue weighted by atomic mass is 9.98. The lowest BCUT2D eigenvalue weighted by Gasteiger charge is -2.14. The summed E-state index contributed by atoms with van der Waals surface area (Å²) in [5.74, 6) is 0. The van der Waals surface area contributed by atoms with E-state index in [1.807, 2.05) is 0 Å². The van der Waals surface area contributed by atoms with Gasteiger partial charge in [0.2, 0.25) is 0 Å². The van der Waals surface area contributed by atoms with Crippen LogP contribution in [0.2, 0.25) is 0 Å². The number of benzene rings is 2. The molecule has 0 saturated carbocycles. The van der Waals surface area contributed by atoms with Crippen molar-refractivity contribution in [3.8, 4) is 0 Å². The van der Waals surface area contributed by atoms with Crippen LogP contribution in [-0.4, -0.2) is 25.9 Å². The van der Waals surface area contributed by atoms with Crippen molar-refractivity contribution in [3.63, 3.8) is 0 Å². The van der Waals surface area contributed by atoms with Gasteiger partial charge in [-0.3, -0.25) is 9.11 Å². The largest absolute Gasteiger partial charge is 0.295 e. The van der Waals surface area contributed by atoms with E-state index in [4.69, 9.17) is 0 Å². The first-order chi connectivity index (χ1) is 20.1. The third-order valence-electron chi connectivity index (χ3n) is 8.31. The van der Waals surface area contributed by atoms with Crippen molar-refractivity contribution in [2.24, 2.45) is 0 Å². The lowest BCUT2D eigenvalue weighted by molar-refractivity contribution is 0.481. The molecule has 2 aromatic rings. The minimum absolute atomic E-state index is 0.140. The van der Waals surface area contributed by atoms with Crippen molar-refractivity contribution in [1.82, 2.24) is 0 Å². The van der Waals surface area contributed by atoms with E-state index in [-0.39, 0.29) is 20.6 Å². The van der Waals surface area contributed by atoms with Gasteiger partial charge in [-0.1, -0.05) is 129 Å². The summed E-state index contributed by atoms with van der Waals surface area (Å²) in [4.78, 5) is -0.589. The highest BCUT2D eigenvalue weighted by molar-refractivity contribution is 7.86. The molecule has 0 heterocycles. The third kappa shape index (κ3) is 13.9. The maximum atomic E-state index is 12.4. The fourth-order valence-electron chi connectivity index (χ4n) is 5.86. The first-order valence-electron chi connectivity index (χ1n) is 16.6. The van der Waals surface area contributed by atoms with Crippen molar-refractivity contribution in [1.29, 1.82) is 0 Å². The zero-order valence-corrected chi connectivity index (χ0v) is 27.8. The standard InChI is InChI=1S/C34H56O6S2/c1-3-5-7-9-11-13-15-17-19-21-23-29-25-31-32(33(27-29)41(35,36)37)26-30(28-34(31)42(38,39)40)24-22-20-18-16-14-12-10-8-6-4-2/h25-28H,3-24H2,1-2H3,(H,35,36,37)(H,38,39,40). The molecule has 2 aromatic carbocycles. The monoisotopic (exact) mass is 624 g/mol. The second-order valence-electron chi connectivity index (χ2n) is 12.1. The predicted octanol–water partition coefficient (Wildman–Crippen LogP) is 10.3. The van der Waals surface area contributed by atoms with Crippen LogP contribution in [0.5, 0.6) is 0 Å². The molecule has 0 radical (unpaired) electrons. The average Bonchev–Trinajstić information content (AvgIpc) is 2.93. The SMILES string of the molecule is CCCCCCCCCCCCc1cc(S(=O)(=O)O)c2cc(CCCCCCCCCCCC)cc(S(=O)(=O)O)c2c1. The Labute approximate surface area is 256 Å². The number of rotatable bonds is 24. The van der Waals surface area contributed by atoms with Crippen LogP contribution in [-0.2, 0) is 33.1 Å². The summed E-state index contributed by atoms with van der Waals surface area (Å²) in [6.45, 7) is 4.43. The lowest BCUT2D eigenvalue weighted by Crippen LogP contribution is -2.06. The number of hydrogen-bond acceptors (Lipinski definition) is 4. The highest BCUT2D eigenvalue weighted by Gasteiger charge is 2.22. The third-order valence-corrected chi connectivity index (χ3v) is 10.1. The van der Waals surface area contributed by atoms with Gasteiger partial charge in [0.1, 0.15) is 9.79 Å². The molecule has 240 valence electrons. The second-order valence-corrected chi connectivity index (χ2v) is 14.9. The van der Waals surface area contributed by atoms with Crippen LogP contribution in [0.4, 0.5) is 0 Å². The molecule has 2 rings (SSSR count). The van der Waals surface area contributed by atoms with Crippen LogP contribution < -0.4 is 0 Å². The van der Waals surface area contributed by atoms with Gasteiger partial charge in [-0.15, -0.1) is 0 Å². The summed E-state index contributed by atoms with van der Waals surface area (Å²) in [7, 11) is -9.21. The Morgan fingerprint density at radius 2 is 0.690 bits per heavy atom. The minimum Gasteiger partial charge on any atom is -0.282 e. The fraction of sp³-hybridized carbons (Fsp3) is 0.706. The number of hydrogen-bond donors (Lipinski definition) is 2. The number of aryl methyl sites for hydroxylation is 2. The summed E-state index contributed by atoms with van der Waals surface area (Å²) >= 11 is 0. The molecule has 2 N–H and O–H groups in total. The molecule has 8 heteroatoms. The zero-order chi connectivity index (χ0) is 30.8. The highest BCUT2D eigenvalue weighted by atomic mass is 32.2. The summed E-state index contributed by atoms with van der Waals surface area (Å²) < 4.78 is 69.7. The molecule has 0 spiro atoms. The van der Waals surface area contributed by atoms with E-state index in [0.29, 0.717) is 24.0 Å². The Hall–Kier alpha value is -1.48. The molecule has 0 aliphatic heterocycles. The average molecular weight is 625 g/mol. The molecule has 6 nitrogen and oxygen atoms in total. The molecule has 0 aliphatic rings. The van der Waals surface area contributed by atoms with Gasteiger partial charge in [0.15, 0.2) is 0 Å². The predicted molar refractivity (Wildman–Crippen MR) is 175 cm³/mol. The van der Waals surface area contributed by atoms with E-state index < -0.39 is 20.2 Å². The van der Waals surface area contributed by atoms with Gasteiger partial charge in [-0.25, -0.2) is 0 Å². The van der Waals surface area contributed by atoms with Gasteiger partial charge in [-0.05, 0) is 61.1 Å². The van der Waals surface area contributed by atoms with Gasteiger partial charge in [0.25, 0.3) is 20.2 Å². The van der Waals surface area contributed by atoms with E-state index >= 15 is 0 Å². The molecule has 0 unspecified atom stereocenters. The van der Waals surface area contributed by atoms with Crippen molar-refractivity contribution < 1.29 is 25.9 Å². The molecule has 0 atom stereocenters. The molecule has 0 aliphatic carbocycles. The van der Waals surface area contributed by atoms with Crippen LogP contribution in [0.25, 0.3) is 10.8 Å². The van der Waals surface area contributed by atoms with Gasteiger partial charge in [0.05, 0.1) is 0 Å². The van der Waals surface area contributed by atoms with Crippen LogP contribution >= 0.6 is 0 Å². The van der Waals surface area contributed by atoms with Gasteiger partial charge in [0, 0.05) is 10.8 Å². The summed E-state index contributed by atoms with van der Waals surface area (Å²) in [6, 6.07) is 6.24.